The lowest BCUT2D eigenvalue weighted by Crippen LogP contribution is -2.64. The first-order chi connectivity index (χ1) is 17.8. The molecule has 4 amide bonds. The van der Waals surface area contributed by atoms with Gasteiger partial charge in [-0.15, -0.1) is 4.48 Å². The summed E-state index contributed by atoms with van der Waals surface area (Å²) in [6.07, 6.45) is 0.584. The van der Waals surface area contributed by atoms with Crippen molar-refractivity contribution in [3.05, 3.63) is 71.8 Å². The molecule has 0 spiro atoms. The molecular formula is C28H39N4O5+. The molecule has 0 radical (unpaired) electrons. The fourth-order valence-electron chi connectivity index (χ4n) is 5.04. The van der Waals surface area contributed by atoms with E-state index in [1.807, 2.05) is 36.4 Å². The Morgan fingerprint density at radius 2 is 1.73 bits per heavy atom. The van der Waals surface area contributed by atoms with Gasteiger partial charge in [0, 0.05) is 24.9 Å². The third kappa shape index (κ3) is 6.94. The van der Waals surface area contributed by atoms with Crippen LogP contribution in [0, 0.1) is 0 Å². The molecule has 2 aromatic carbocycles. The quantitative estimate of drug-likeness (QED) is 0.270. The number of hydrogen-bond acceptors (Lipinski definition) is 5. The average molecular weight is 512 g/mol. The van der Waals surface area contributed by atoms with Gasteiger partial charge in [0.15, 0.2) is 0 Å². The largest absolute Gasteiger partial charge is 0.523 e. The van der Waals surface area contributed by atoms with E-state index in [0.29, 0.717) is 44.2 Å². The summed E-state index contributed by atoms with van der Waals surface area (Å²) in [6, 6.07) is 16.6. The molecule has 1 aliphatic rings. The molecule has 0 saturated carbocycles. The van der Waals surface area contributed by atoms with Crippen molar-refractivity contribution in [2.75, 3.05) is 26.2 Å². The van der Waals surface area contributed by atoms with Crippen molar-refractivity contribution >= 4 is 18.0 Å². The minimum absolute atomic E-state index is 0.101. The second-order valence-corrected chi connectivity index (χ2v) is 9.79. The highest BCUT2D eigenvalue weighted by Gasteiger charge is 2.55. The maximum Gasteiger partial charge on any atom is 0.523 e. The van der Waals surface area contributed by atoms with Crippen LogP contribution in [-0.2, 0) is 6.42 Å². The summed E-state index contributed by atoms with van der Waals surface area (Å²) in [7, 11) is 0. The third-order valence-corrected chi connectivity index (χ3v) is 7.24. The number of rotatable bonds is 11. The van der Waals surface area contributed by atoms with Crippen molar-refractivity contribution < 1.29 is 29.1 Å². The molecule has 1 aliphatic heterocycles. The van der Waals surface area contributed by atoms with Gasteiger partial charge in [-0.2, -0.15) is 4.79 Å². The Balaban J connectivity index is 1.85. The zero-order chi connectivity index (χ0) is 26.8. The predicted molar refractivity (Wildman–Crippen MR) is 141 cm³/mol. The molecule has 9 nitrogen and oxygen atoms in total. The Morgan fingerprint density at radius 1 is 1.08 bits per heavy atom. The number of nitrogens with one attached hydrogen (secondary N) is 1. The minimum atomic E-state index is -1.17. The summed E-state index contributed by atoms with van der Waals surface area (Å²) in [6.45, 7) is 2.63. The van der Waals surface area contributed by atoms with Gasteiger partial charge in [0.25, 0.3) is 5.91 Å². The van der Waals surface area contributed by atoms with Gasteiger partial charge >= 0.3 is 12.1 Å². The van der Waals surface area contributed by atoms with Crippen LogP contribution in [0.3, 0.4) is 0 Å². The molecular weight excluding hydrogens is 472 g/mol. The van der Waals surface area contributed by atoms with Crippen LogP contribution in [-0.4, -0.2) is 82.0 Å². The van der Waals surface area contributed by atoms with Crippen LogP contribution < -0.4 is 11.1 Å². The highest BCUT2D eigenvalue weighted by molar-refractivity contribution is 5.94. The highest BCUT2D eigenvalue weighted by atomic mass is 16.4. The molecule has 0 aliphatic carbocycles. The molecule has 3 unspecified atom stereocenters. The van der Waals surface area contributed by atoms with E-state index in [1.54, 1.807) is 31.2 Å². The monoisotopic (exact) mass is 511 g/mol. The molecule has 2 aromatic rings. The zero-order valence-electron chi connectivity index (χ0n) is 21.5. The van der Waals surface area contributed by atoms with Crippen LogP contribution >= 0.6 is 0 Å². The molecule has 200 valence electrons. The summed E-state index contributed by atoms with van der Waals surface area (Å²) < 4.78 is -0.672. The number of nitrogens with two attached hydrogens (primary N) is 1. The number of aliphatic hydroxyl groups excluding tert-OH is 1. The smallest absolute Gasteiger partial charge is 0.435 e. The second-order valence-electron chi connectivity index (χ2n) is 9.79. The Bertz CT molecular complexity index is 1040. The van der Waals surface area contributed by atoms with Gasteiger partial charge in [0.2, 0.25) is 0 Å². The van der Waals surface area contributed by atoms with Gasteiger partial charge in [-0.3, -0.25) is 9.69 Å². The average Bonchev–Trinajstić information content (AvgIpc) is 3.30. The van der Waals surface area contributed by atoms with E-state index in [1.165, 1.54) is 4.90 Å². The van der Waals surface area contributed by atoms with Crippen LogP contribution in [0.4, 0.5) is 9.59 Å². The lowest BCUT2D eigenvalue weighted by molar-refractivity contribution is -0.791. The van der Waals surface area contributed by atoms with E-state index in [0.717, 1.165) is 5.56 Å². The number of unbranched alkanes of at least 4 members (excludes halogenated alkanes) is 1. The third-order valence-electron chi connectivity index (χ3n) is 7.24. The first-order valence-electron chi connectivity index (χ1n) is 13.0. The molecule has 9 heteroatoms. The van der Waals surface area contributed by atoms with E-state index < -0.39 is 28.8 Å². The van der Waals surface area contributed by atoms with Crippen LogP contribution in [0.5, 0.6) is 0 Å². The van der Waals surface area contributed by atoms with Gasteiger partial charge < -0.3 is 21.3 Å². The number of urea groups is 1. The SMILES string of the molecule is C[C@@H]1CCC[N+]1(C(=O)O)C(=O)N(CCCCN)CC(O)C(Cc1ccccc1)NC(=O)c1ccccc1. The Hall–Kier alpha value is -3.27. The number of aliphatic hydroxyl groups is 1. The fraction of sp³-hybridized carbons (Fsp3) is 0.464. The Kier molecular flexibility index (Phi) is 10.2. The van der Waals surface area contributed by atoms with Crippen molar-refractivity contribution in [2.45, 2.75) is 57.2 Å². The number of hydrogen-bond donors (Lipinski definition) is 4. The minimum Gasteiger partial charge on any atom is -0.435 e. The maximum absolute atomic E-state index is 13.8. The van der Waals surface area contributed by atoms with E-state index in [4.69, 9.17) is 5.73 Å². The van der Waals surface area contributed by atoms with Crippen molar-refractivity contribution in [1.29, 1.82) is 0 Å². The van der Waals surface area contributed by atoms with Crippen molar-refractivity contribution in [3.8, 4) is 0 Å². The molecule has 5 N–H and O–H groups in total. The fourth-order valence-corrected chi connectivity index (χ4v) is 5.04. The first-order valence-corrected chi connectivity index (χ1v) is 13.0. The number of quaternary nitrogens is 1. The van der Waals surface area contributed by atoms with Gasteiger partial charge in [0.1, 0.15) is 6.04 Å². The summed E-state index contributed by atoms with van der Waals surface area (Å²) in [5.74, 6) is -0.330. The molecule has 1 heterocycles. The normalized spacial score (nSPS) is 20.7. The summed E-state index contributed by atoms with van der Waals surface area (Å²) in [5.41, 5.74) is 7.04. The number of benzene rings is 2. The lowest BCUT2D eigenvalue weighted by atomic mass is 10.00. The van der Waals surface area contributed by atoms with E-state index in [9.17, 15) is 24.6 Å². The summed E-state index contributed by atoms with van der Waals surface area (Å²) in [4.78, 5) is 40.5. The lowest BCUT2D eigenvalue weighted by Gasteiger charge is -2.36. The topological polar surface area (TPSA) is 133 Å². The number of imide groups is 1. The standard InChI is InChI=1S/C28H38N4O5/c1-21-11-10-18-32(21,28(36)37)27(35)31(17-9-8-16-29)20-25(33)24(19-22-12-4-2-5-13-22)30-26(34)23-14-6-3-7-15-23/h2-7,12-15,21,24-25,33H,8-11,16-20,29H2,1H3,(H-,30,34,36,37)/p+1/t21-,24?,25?,32?/m1/s1. The van der Waals surface area contributed by atoms with Crippen molar-refractivity contribution in [3.63, 3.8) is 0 Å². The van der Waals surface area contributed by atoms with Gasteiger partial charge in [-0.25, -0.2) is 4.79 Å². The predicted octanol–water partition coefficient (Wildman–Crippen LogP) is 3.23. The molecule has 37 heavy (non-hydrogen) atoms. The molecule has 4 atom stereocenters. The molecule has 1 saturated heterocycles. The number of amides is 4. The van der Waals surface area contributed by atoms with E-state index in [-0.39, 0.29) is 31.6 Å². The second kappa shape index (κ2) is 13.3. The number of nitrogens with zero attached hydrogens (tertiary/aromatic N) is 2. The van der Waals surface area contributed by atoms with E-state index in [2.05, 4.69) is 5.32 Å². The zero-order valence-corrected chi connectivity index (χ0v) is 21.5. The molecule has 0 aromatic heterocycles. The number of carboxylic acid groups (broad SMARTS) is 1. The van der Waals surface area contributed by atoms with Crippen LogP contribution in [0.25, 0.3) is 0 Å². The number of carbonyl (C=O) groups excluding carboxylic acids is 2. The van der Waals surface area contributed by atoms with Crippen LogP contribution in [0.1, 0.15) is 48.5 Å². The Morgan fingerprint density at radius 3 is 2.30 bits per heavy atom. The van der Waals surface area contributed by atoms with Crippen molar-refractivity contribution in [1.82, 2.24) is 10.2 Å². The molecule has 1 fully saturated rings. The number of carbonyl (C=O) groups is 3. The van der Waals surface area contributed by atoms with Gasteiger partial charge in [0.05, 0.1) is 25.2 Å². The first kappa shape index (κ1) is 28.3. The van der Waals surface area contributed by atoms with Gasteiger partial charge in [-0.1, -0.05) is 48.5 Å². The summed E-state index contributed by atoms with van der Waals surface area (Å²) in [5, 5.41) is 24.4. The maximum atomic E-state index is 13.8. The molecule has 0 bridgehead atoms. The van der Waals surface area contributed by atoms with Gasteiger partial charge in [-0.05, 0) is 50.4 Å². The Labute approximate surface area is 218 Å². The number of likely N-dealkylation sites (tertiary alicyclic amines) is 1. The molecule has 3 rings (SSSR count). The van der Waals surface area contributed by atoms with Crippen LogP contribution in [0.2, 0.25) is 0 Å². The van der Waals surface area contributed by atoms with Crippen molar-refractivity contribution in [2.24, 2.45) is 5.73 Å². The summed E-state index contributed by atoms with van der Waals surface area (Å²) >= 11 is 0. The van der Waals surface area contributed by atoms with E-state index >= 15 is 0 Å². The van der Waals surface area contributed by atoms with Crippen LogP contribution in [0.15, 0.2) is 60.7 Å². The highest BCUT2D eigenvalue weighted by Crippen LogP contribution is 2.30.